The summed E-state index contributed by atoms with van der Waals surface area (Å²) in [5, 5.41) is 6.07. The van der Waals surface area contributed by atoms with E-state index in [4.69, 9.17) is 4.74 Å². The van der Waals surface area contributed by atoms with Crippen molar-refractivity contribution in [3.63, 3.8) is 0 Å². The molecule has 1 aliphatic carbocycles. The van der Waals surface area contributed by atoms with Crippen LogP contribution in [0.15, 0.2) is 48.5 Å². The molecule has 1 aliphatic rings. The summed E-state index contributed by atoms with van der Waals surface area (Å²) in [6.07, 6.45) is 1.95. The molecule has 3 rings (SSSR count). The molecular weight excluding hydrogens is 342 g/mol. The molecule has 2 aromatic carbocycles. The van der Waals surface area contributed by atoms with Crippen LogP contribution in [0.5, 0.6) is 11.5 Å². The van der Waals surface area contributed by atoms with Gasteiger partial charge in [-0.3, -0.25) is 4.79 Å². The van der Waals surface area contributed by atoms with Crippen molar-refractivity contribution in [3.8, 4) is 11.5 Å². The molecule has 0 spiro atoms. The Kier molecular flexibility index (Phi) is 5.55. The van der Waals surface area contributed by atoms with Crippen LogP contribution in [-0.4, -0.2) is 25.7 Å². The number of carbonyl (C=O) groups is 1. The average molecular weight is 362 g/mol. The fourth-order valence-corrected chi connectivity index (χ4v) is 2.58. The number of carbonyl (C=O) groups excluding carboxylic acids is 1. The Labute approximate surface area is 150 Å². The smallest absolute Gasteiger partial charge is 0.387 e. The fraction of sp³-hybridized carbons (Fsp3) is 0.316. The summed E-state index contributed by atoms with van der Waals surface area (Å²) >= 11 is 0. The van der Waals surface area contributed by atoms with Gasteiger partial charge in [0.2, 0.25) is 5.91 Å². The van der Waals surface area contributed by atoms with Gasteiger partial charge in [0, 0.05) is 17.8 Å². The Morgan fingerprint density at radius 1 is 1.12 bits per heavy atom. The van der Waals surface area contributed by atoms with E-state index < -0.39 is 12.7 Å². The van der Waals surface area contributed by atoms with E-state index in [0.29, 0.717) is 5.69 Å². The number of nitrogens with one attached hydrogen (secondary N) is 2. The molecule has 0 aliphatic heterocycles. The first-order chi connectivity index (χ1) is 12.6. The van der Waals surface area contributed by atoms with Crippen molar-refractivity contribution >= 4 is 11.6 Å². The highest BCUT2D eigenvalue weighted by molar-refractivity contribution is 5.86. The van der Waals surface area contributed by atoms with Crippen molar-refractivity contribution in [2.75, 3.05) is 12.4 Å². The number of ether oxygens (including phenoxy) is 2. The predicted molar refractivity (Wildman–Crippen MR) is 93.6 cm³/mol. The minimum Gasteiger partial charge on any atom is -0.493 e. The first-order valence-electron chi connectivity index (χ1n) is 8.31. The van der Waals surface area contributed by atoms with E-state index in [-0.39, 0.29) is 23.4 Å². The molecule has 26 heavy (non-hydrogen) atoms. The van der Waals surface area contributed by atoms with Crippen LogP contribution in [-0.2, 0) is 4.79 Å². The van der Waals surface area contributed by atoms with Crippen LogP contribution in [0.3, 0.4) is 0 Å². The first kappa shape index (κ1) is 18.0. The van der Waals surface area contributed by atoms with Gasteiger partial charge < -0.3 is 20.1 Å². The molecule has 0 aromatic heterocycles. The van der Waals surface area contributed by atoms with Crippen LogP contribution >= 0.6 is 0 Å². The van der Waals surface area contributed by atoms with Crippen molar-refractivity contribution in [1.29, 1.82) is 0 Å². The number of hydrogen-bond acceptors (Lipinski definition) is 4. The predicted octanol–water partition coefficient (Wildman–Crippen LogP) is 3.73. The van der Waals surface area contributed by atoms with E-state index in [1.165, 1.54) is 19.2 Å². The molecule has 7 heteroatoms. The first-order valence-corrected chi connectivity index (χ1v) is 8.31. The molecule has 0 heterocycles. The Balaban J connectivity index is 1.84. The molecule has 1 fully saturated rings. The Hall–Kier alpha value is -2.83. The number of alkyl halides is 2. The maximum Gasteiger partial charge on any atom is 0.387 e. The van der Waals surface area contributed by atoms with Crippen molar-refractivity contribution in [2.24, 2.45) is 0 Å². The lowest BCUT2D eigenvalue weighted by molar-refractivity contribution is -0.122. The van der Waals surface area contributed by atoms with Crippen molar-refractivity contribution in [3.05, 3.63) is 54.1 Å². The average Bonchev–Trinajstić information content (AvgIpc) is 3.44. The summed E-state index contributed by atoms with van der Waals surface area (Å²) in [5.41, 5.74) is 1.25. The second kappa shape index (κ2) is 8.03. The quantitative estimate of drug-likeness (QED) is 0.751. The molecule has 5 nitrogen and oxygen atoms in total. The number of hydrogen-bond donors (Lipinski definition) is 2. The number of methoxy groups -OCH3 is 1. The standard InChI is InChI=1S/C19H20F2N2O3/c1-25-15-10-9-14(11-16(15)26-19(20)21)22-17(12-5-3-2-4-6-12)18(24)23-13-7-8-13/h2-6,9-11,13,17,19,22H,7-8H2,1H3,(H,23,24)/t17-/m0/s1. The maximum atomic E-state index is 12.6. The summed E-state index contributed by atoms with van der Waals surface area (Å²) in [6, 6.07) is 13.3. The lowest BCUT2D eigenvalue weighted by atomic mass is 10.1. The molecule has 0 unspecified atom stereocenters. The van der Waals surface area contributed by atoms with E-state index in [0.717, 1.165) is 18.4 Å². The molecule has 1 atom stereocenters. The lowest BCUT2D eigenvalue weighted by Crippen LogP contribution is -2.34. The largest absolute Gasteiger partial charge is 0.493 e. The van der Waals surface area contributed by atoms with Crippen LogP contribution in [0.1, 0.15) is 24.4 Å². The normalized spacial score (nSPS) is 14.6. The summed E-state index contributed by atoms with van der Waals surface area (Å²) in [7, 11) is 1.37. The lowest BCUT2D eigenvalue weighted by Gasteiger charge is -2.21. The third-order valence-electron chi connectivity index (χ3n) is 4.01. The monoisotopic (exact) mass is 362 g/mol. The summed E-state index contributed by atoms with van der Waals surface area (Å²) in [4.78, 5) is 12.6. The highest BCUT2D eigenvalue weighted by Crippen LogP contribution is 2.33. The fourth-order valence-electron chi connectivity index (χ4n) is 2.58. The minimum atomic E-state index is -2.97. The third-order valence-corrected chi connectivity index (χ3v) is 4.01. The Bertz CT molecular complexity index is 752. The van der Waals surface area contributed by atoms with Gasteiger partial charge in [0.1, 0.15) is 6.04 Å². The van der Waals surface area contributed by atoms with Gasteiger partial charge in [0.15, 0.2) is 11.5 Å². The van der Waals surface area contributed by atoms with Gasteiger partial charge in [-0.15, -0.1) is 0 Å². The zero-order chi connectivity index (χ0) is 18.5. The van der Waals surface area contributed by atoms with E-state index in [2.05, 4.69) is 15.4 Å². The Morgan fingerprint density at radius 3 is 2.46 bits per heavy atom. The van der Waals surface area contributed by atoms with E-state index in [9.17, 15) is 13.6 Å². The number of benzene rings is 2. The Morgan fingerprint density at radius 2 is 1.85 bits per heavy atom. The summed E-state index contributed by atoms with van der Waals surface area (Å²) < 4.78 is 34.8. The van der Waals surface area contributed by atoms with Crippen LogP contribution in [0.4, 0.5) is 14.5 Å². The minimum absolute atomic E-state index is 0.0955. The SMILES string of the molecule is COc1ccc(N[C@H](C(=O)NC2CC2)c2ccccc2)cc1OC(F)F. The summed E-state index contributed by atoms with van der Waals surface area (Å²) in [5.74, 6) is -0.0673. The topological polar surface area (TPSA) is 59.6 Å². The summed E-state index contributed by atoms with van der Waals surface area (Å²) in [6.45, 7) is -2.97. The number of halogens is 2. The van der Waals surface area contributed by atoms with E-state index in [1.54, 1.807) is 6.07 Å². The molecule has 0 bridgehead atoms. The molecule has 138 valence electrons. The molecular formula is C19H20F2N2O3. The highest BCUT2D eigenvalue weighted by atomic mass is 19.3. The molecule has 0 radical (unpaired) electrons. The van der Waals surface area contributed by atoms with Crippen molar-refractivity contribution in [1.82, 2.24) is 5.32 Å². The van der Waals surface area contributed by atoms with Gasteiger partial charge in [0.05, 0.1) is 7.11 Å². The molecule has 1 amide bonds. The van der Waals surface area contributed by atoms with E-state index >= 15 is 0 Å². The maximum absolute atomic E-state index is 12.6. The van der Waals surface area contributed by atoms with Gasteiger partial charge in [-0.25, -0.2) is 0 Å². The molecule has 2 aromatic rings. The van der Waals surface area contributed by atoms with Gasteiger partial charge in [-0.05, 0) is 30.5 Å². The molecule has 0 saturated heterocycles. The molecule has 2 N–H and O–H groups in total. The zero-order valence-electron chi connectivity index (χ0n) is 14.2. The van der Waals surface area contributed by atoms with Crippen LogP contribution in [0.2, 0.25) is 0 Å². The van der Waals surface area contributed by atoms with Crippen LogP contribution in [0.25, 0.3) is 0 Å². The highest BCUT2D eigenvalue weighted by Gasteiger charge is 2.28. The number of anilines is 1. The van der Waals surface area contributed by atoms with Crippen molar-refractivity contribution in [2.45, 2.75) is 31.5 Å². The number of rotatable bonds is 8. The van der Waals surface area contributed by atoms with Gasteiger partial charge in [-0.1, -0.05) is 30.3 Å². The van der Waals surface area contributed by atoms with Crippen molar-refractivity contribution < 1.29 is 23.0 Å². The second-order valence-corrected chi connectivity index (χ2v) is 6.02. The second-order valence-electron chi connectivity index (χ2n) is 6.02. The van der Waals surface area contributed by atoms with Gasteiger partial charge in [0.25, 0.3) is 0 Å². The molecule has 1 saturated carbocycles. The van der Waals surface area contributed by atoms with Gasteiger partial charge >= 0.3 is 6.61 Å². The van der Waals surface area contributed by atoms with Crippen LogP contribution < -0.4 is 20.1 Å². The van der Waals surface area contributed by atoms with Crippen LogP contribution in [0, 0.1) is 0 Å². The zero-order valence-corrected chi connectivity index (χ0v) is 14.2. The van der Waals surface area contributed by atoms with Gasteiger partial charge in [-0.2, -0.15) is 8.78 Å². The number of amides is 1. The third kappa shape index (κ3) is 4.62. The van der Waals surface area contributed by atoms with E-state index in [1.807, 2.05) is 30.3 Å².